The van der Waals surface area contributed by atoms with E-state index in [0.717, 1.165) is 19.1 Å². The van der Waals surface area contributed by atoms with Crippen LogP contribution in [0, 0.1) is 0 Å². The highest BCUT2D eigenvalue weighted by Gasteiger charge is 2.37. The summed E-state index contributed by atoms with van der Waals surface area (Å²) in [4.78, 5) is 10.9. The van der Waals surface area contributed by atoms with Crippen molar-refractivity contribution in [3.63, 3.8) is 0 Å². The third-order valence-corrected chi connectivity index (χ3v) is 2.01. The molecule has 0 fully saturated rings. The molecular formula is C10H7F5O. The van der Waals surface area contributed by atoms with Crippen molar-refractivity contribution in [2.24, 2.45) is 0 Å². The fourth-order valence-electron chi connectivity index (χ4n) is 1.35. The van der Waals surface area contributed by atoms with Crippen LogP contribution >= 0.6 is 0 Å². The highest BCUT2D eigenvalue weighted by atomic mass is 19.4. The molecule has 0 saturated heterocycles. The lowest BCUT2D eigenvalue weighted by atomic mass is 9.98. The van der Waals surface area contributed by atoms with Gasteiger partial charge in [-0.1, -0.05) is 12.1 Å². The van der Waals surface area contributed by atoms with E-state index < -0.39 is 35.1 Å². The summed E-state index contributed by atoms with van der Waals surface area (Å²) in [5.74, 6) is -0.818. The van der Waals surface area contributed by atoms with Gasteiger partial charge in [-0.25, -0.2) is 8.78 Å². The predicted molar refractivity (Wildman–Crippen MR) is 46.4 cm³/mol. The van der Waals surface area contributed by atoms with Crippen molar-refractivity contribution in [1.82, 2.24) is 0 Å². The molecule has 0 amide bonds. The summed E-state index contributed by atoms with van der Waals surface area (Å²) >= 11 is 0. The minimum atomic E-state index is -4.89. The molecule has 0 radical (unpaired) electrons. The number of alkyl halides is 5. The van der Waals surface area contributed by atoms with Crippen LogP contribution in [-0.2, 0) is 6.18 Å². The van der Waals surface area contributed by atoms with Crippen LogP contribution in [0.5, 0.6) is 0 Å². The largest absolute Gasteiger partial charge is 0.416 e. The molecule has 0 unspecified atom stereocenters. The Kier molecular flexibility index (Phi) is 3.30. The van der Waals surface area contributed by atoms with E-state index in [-0.39, 0.29) is 0 Å². The van der Waals surface area contributed by atoms with Crippen molar-refractivity contribution in [3.8, 4) is 0 Å². The lowest BCUT2D eigenvalue weighted by Crippen LogP contribution is -2.13. The summed E-state index contributed by atoms with van der Waals surface area (Å²) in [5.41, 5.74) is -3.30. The molecule has 88 valence electrons. The fraction of sp³-hybridized carbons (Fsp3) is 0.300. The van der Waals surface area contributed by atoms with Crippen LogP contribution in [-0.4, -0.2) is 5.78 Å². The van der Waals surface area contributed by atoms with E-state index in [1.807, 2.05) is 0 Å². The van der Waals surface area contributed by atoms with Gasteiger partial charge in [0.25, 0.3) is 6.43 Å². The first kappa shape index (κ1) is 12.6. The van der Waals surface area contributed by atoms with Crippen LogP contribution in [0.1, 0.15) is 34.8 Å². The number of ketones is 1. The topological polar surface area (TPSA) is 17.1 Å². The third-order valence-electron chi connectivity index (χ3n) is 2.01. The van der Waals surface area contributed by atoms with Gasteiger partial charge >= 0.3 is 6.18 Å². The first-order chi connectivity index (χ1) is 7.25. The summed E-state index contributed by atoms with van der Waals surface area (Å²) in [5, 5.41) is 0. The lowest BCUT2D eigenvalue weighted by molar-refractivity contribution is -0.139. The molecule has 0 aliphatic heterocycles. The van der Waals surface area contributed by atoms with Crippen molar-refractivity contribution in [1.29, 1.82) is 0 Å². The van der Waals surface area contributed by atoms with E-state index in [0.29, 0.717) is 6.07 Å². The van der Waals surface area contributed by atoms with Crippen LogP contribution in [0.15, 0.2) is 18.2 Å². The van der Waals surface area contributed by atoms with Gasteiger partial charge in [0.1, 0.15) is 0 Å². The van der Waals surface area contributed by atoms with Gasteiger partial charge in [-0.15, -0.1) is 0 Å². The van der Waals surface area contributed by atoms with Crippen molar-refractivity contribution < 1.29 is 26.7 Å². The lowest BCUT2D eigenvalue weighted by Gasteiger charge is -2.14. The molecule has 1 nitrogen and oxygen atoms in total. The third kappa shape index (κ3) is 2.37. The number of rotatable bonds is 2. The molecule has 1 aromatic rings. The van der Waals surface area contributed by atoms with Crippen LogP contribution in [0.25, 0.3) is 0 Å². The fourth-order valence-corrected chi connectivity index (χ4v) is 1.35. The van der Waals surface area contributed by atoms with E-state index in [1.165, 1.54) is 0 Å². The van der Waals surface area contributed by atoms with Gasteiger partial charge in [-0.05, 0) is 13.0 Å². The SMILES string of the molecule is CC(=O)c1cccc(C(F)(F)F)c1C(F)F. The second-order valence-corrected chi connectivity index (χ2v) is 3.12. The standard InChI is InChI=1S/C10H7F5O/c1-5(16)6-3-2-4-7(10(13,14)15)8(6)9(11)12/h2-4,9H,1H3. The molecule has 0 heterocycles. The zero-order chi connectivity index (χ0) is 12.5. The maximum absolute atomic E-state index is 12.5. The van der Waals surface area contributed by atoms with Crippen LogP contribution < -0.4 is 0 Å². The molecule has 0 saturated carbocycles. The number of carbonyl (C=O) groups is 1. The summed E-state index contributed by atoms with van der Waals surface area (Å²) < 4.78 is 62.3. The monoisotopic (exact) mass is 238 g/mol. The Balaban J connectivity index is 3.51. The summed E-state index contributed by atoms with van der Waals surface area (Å²) in [6, 6.07) is 2.43. The summed E-state index contributed by atoms with van der Waals surface area (Å²) in [7, 11) is 0. The molecule has 0 aromatic heterocycles. The second-order valence-electron chi connectivity index (χ2n) is 3.12. The number of hydrogen-bond acceptors (Lipinski definition) is 1. The second kappa shape index (κ2) is 4.19. The Bertz CT molecular complexity index is 408. The average Bonchev–Trinajstić information content (AvgIpc) is 2.14. The van der Waals surface area contributed by atoms with Crippen molar-refractivity contribution >= 4 is 5.78 Å². The first-order valence-corrected chi connectivity index (χ1v) is 4.24. The minimum absolute atomic E-state index is 0.536. The summed E-state index contributed by atoms with van der Waals surface area (Å²) in [6.45, 7) is 0.946. The van der Waals surface area contributed by atoms with Crippen molar-refractivity contribution in [2.75, 3.05) is 0 Å². The van der Waals surface area contributed by atoms with E-state index in [4.69, 9.17) is 0 Å². The van der Waals surface area contributed by atoms with Gasteiger partial charge in [0.05, 0.1) is 5.56 Å². The Labute approximate surface area is 87.9 Å². The van der Waals surface area contributed by atoms with Crippen molar-refractivity contribution in [3.05, 3.63) is 34.9 Å². The number of halogens is 5. The van der Waals surface area contributed by atoms with E-state index in [2.05, 4.69) is 0 Å². The van der Waals surface area contributed by atoms with E-state index >= 15 is 0 Å². The summed E-state index contributed by atoms with van der Waals surface area (Å²) in [6.07, 6.45) is -8.23. The molecule has 0 aliphatic rings. The van der Waals surface area contributed by atoms with Crippen LogP contribution in [0.3, 0.4) is 0 Å². The van der Waals surface area contributed by atoms with Gasteiger partial charge in [-0.3, -0.25) is 4.79 Å². The molecule has 0 atom stereocenters. The molecule has 0 spiro atoms. The molecule has 0 bridgehead atoms. The molecule has 6 heteroatoms. The predicted octanol–water partition coefficient (Wildman–Crippen LogP) is 3.85. The average molecular weight is 238 g/mol. The zero-order valence-electron chi connectivity index (χ0n) is 8.11. The number of benzene rings is 1. The molecule has 1 aromatic carbocycles. The molecule has 1 rings (SSSR count). The van der Waals surface area contributed by atoms with Crippen LogP contribution in [0.4, 0.5) is 22.0 Å². The molecular weight excluding hydrogens is 231 g/mol. The smallest absolute Gasteiger partial charge is 0.294 e. The van der Waals surface area contributed by atoms with Gasteiger partial charge in [-0.2, -0.15) is 13.2 Å². The molecule has 0 N–H and O–H groups in total. The number of Topliss-reactive ketones (excluding diaryl/α,β-unsaturated/α-hetero) is 1. The van der Waals surface area contributed by atoms with Gasteiger partial charge in [0.2, 0.25) is 0 Å². The van der Waals surface area contributed by atoms with Gasteiger partial charge in [0.15, 0.2) is 5.78 Å². The Morgan fingerprint density at radius 3 is 2.19 bits per heavy atom. The normalized spacial score (nSPS) is 11.9. The van der Waals surface area contributed by atoms with E-state index in [9.17, 15) is 26.7 Å². The Hall–Kier alpha value is -1.46. The number of carbonyl (C=O) groups excluding carboxylic acids is 1. The Morgan fingerprint density at radius 1 is 1.25 bits per heavy atom. The maximum Gasteiger partial charge on any atom is 0.416 e. The molecule has 16 heavy (non-hydrogen) atoms. The zero-order valence-corrected chi connectivity index (χ0v) is 8.11. The van der Waals surface area contributed by atoms with E-state index in [1.54, 1.807) is 0 Å². The van der Waals surface area contributed by atoms with Crippen LogP contribution in [0.2, 0.25) is 0 Å². The maximum atomic E-state index is 12.5. The number of hydrogen-bond donors (Lipinski definition) is 0. The van der Waals surface area contributed by atoms with Crippen molar-refractivity contribution in [2.45, 2.75) is 19.5 Å². The Morgan fingerprint density at radius 2 is 1.81 bits per heavy atom. The highest BCUT2D eigenvalue weighted by molar-refractivity contribution is 5.96. The van der Waals surface area contributed by atoms with Gasteiger partial charge in [0, 0.05) is 11.1 Å². The quantitative estimate of drug-likeness (QED) is 0.565. The first-order valence-electron chi connectivity index (χ1n) is 4.24. The molecule has 0 aliphatic carbocycles. The highest BCUT2D eigenvalue weighted by Crippen LogP contribution is 2.38. The minimum Gasteiger partial charge on any atom is -0.294 e. The van der Waals surface area contributed by atoms with Gasteiger partial charge < -0.3 is 0 Å².